The van der Waals surface area contributed by atoms with E-state index in [9.17, 15) is 4.79 Å². The quantitative estimate of drug-likeness (QED) is 0.598. The molecular formula is C16H11ClN4OS. The molecule has 4 aromatic rings. The Bertz CT molecular complexity index is 1100. The van der Waals surface area contributed by atoms with Crippen LogP contribution in [0, 0.1) is 6.92 Å². The highest BCUT2D eigenvalue weighted by atomic mass is 35.5. The number of hydrogen-bond acceptors (Lipinski definition) is 5. The number of para-hydroxylation sites is 1. The van der Waals surface area contributed by atoms with Gasteiger partial charge in [0, 0.05) is 10.7 Å². The SMILES string of the molecule is Cc1ccc(Nc2nn3c(=O)c4ccccc4nc3s2)cc1Cl. The van der Waals surface area contributed by atoms with E-state index in [1.807, 2.05) is 43.3 Å². The first kappa shape index (κ1) is 14.2. The van der Waals surface area contributed by atoms with Crippen molar-refractivity contribution in [3.63, 3.8) is 0 Å². The van der Waals surface area contributed by atoms with E-state index in [-0.39, 0.29) is 5.56 Å². The lowest BCUT2D eigenvalue weighted by Gasteiger charge is -2.03. The third-order valence-electron chi connectivity index (χ3n) is 3.53. The maximum Gasteiger partial charge on any atom is 0.283 e. The van der Waals surface area contributed by atoms with Gasteiger partial charge in [-0.2, -0.15) is 4.52 Å². The van der Waals surface area contributed by atoms with Crippen LogP contribution in [0.4, 0.5) is 10.8 Å². The van der Waals surface area contributed by atoms with E-state index < -0.39 is 0 Å². The van der Waals surface area contributed by atoms with Crippen molar-refractivity contribution in [2.24, 2.45) is 0 Å². The number of rotatable bonds is 2. The number of halogens is 1. The van der Waals surface area contributed by atoms with Crippen LogP contribution in [0.3, 0.4) is 0 Å². The van der Waals surface area contributed by atoms with E-state index in [1.54, 1.807) is 6.07 Å². The van der Waals surface area contributed by atoms with Gasteiger partial charge in [0.2, 0.25) is 10.1 Å². The van der Waals surface area contributed by atoms with Crippen molar-refractivity contribution in [3.8, 4) is 0 Å². The smallest absolute Gasteiger partial charge is 0.283 e. The molecule has 2 aromatic heterocycles. The van der Waals surface area contributed by atoms with E-state index in [2.05, 4.69) is 15.4 Å². The maximum absolute atomic E-state index is 12.5. The van der Waals surface area contributed by atoms with Crippen LogP contribution in [0.2, 0.25) is 5.02 Å². The largest absolute Gasteiger partial charge is 0.330 e. The summed E-state index contributed by atoms with van der Waals surface area (Å²) < 4.78 is 1.32. The topological polar surface area (TPSA) is 59.3 Å². The number of aromatic nitrogens is 3. The minimum atomic E-state index is -0.170. The maximum atomic E-state index is 12.5. The molecule has 0 unspecified atom stereocenters. The molecular weight excluding hydrogens is 332 g/mol. The van der Waals surface area contributed by atoms with Crippen LogP contribution in [0.5, 0.6) is 0 Å². The highest BCUT2D eigenvalue weighted by Crippen LogP contribution is 2.25. The fraction of sp³-hybridized carbons (Fsp3) is 0.0625. The summed E-state index contributed by atoms with van der Waals surface area (Å²) in [5, 5.41) is 9.30. The molecule has 23 heavy (non-hydrogen) atoms. The second-order valence-corrected chi connectivity index (χ2v) is 6.49. The highest BCUT2D eigenvalue weighted by molar-refractivity contribution is 7.20. The molecule has 0 saturated heterocycles. The monoisotopic (exact) mass is 342 g/mol. The van der Waals surface area contributed by atoms with Crippen LogP contribution in [0.15, 0.2) is 47.3 Å². The standard InChI is InChI=1S/C16H11ClN4OS/c1-9-6-7-10(8-12(9)17)18-15-20-21-14(22)11-4-2-3-5-13(11)19-16(21)23-15/h2-8H,1H3,(H,18,20). The molecule has 0 aliphatic carbocycles. The van der Waals surface area contributed by atoms with Gasteiger partial charge in [0.1, 0.15) is 0 Å². The molecule has 0 spiro atoms. The third-order valence-corrected chi connectivity index (χ3v) is 4.76. The van der Waals surface area contributed by atoms with Gasteiger partial charge in [-0.3, -0.25) is 4.79 Å². The van der Waals surface area contributed by atoms with E-state index >= 15 is 0 Å². The molecule has 114 valence electrons. The molecule has 0 saturated carbocycles. The number of nitrogens with zero attached hydrogens (tertiary/aromatic N) is 3. The summed E-state index contributed by atoms with van der Waals surface area (Å²) in [5.41, 5.74) is 2.32. The summed E-state index contributed by atoms with van der Waals surface area (Å²) in [6.07, 6.45) is 0. The van der Waals surface area contributed by atoms with Crippen LogP contribution < -0.4 is 10.9 Å². The average Bonchev–Trinajstić information content (AvgIpc) is 2.94. The van der Waals surface area contributed by atoms with Crippen molar-refractivity contribution in [1.82, 2.24) is 14.6 Å². The molecule has 0 aliphatic heterocycles. The molecule has 7 heteroatoms. The fourth-order valence-corrected chi connectivity index (χ4v) is 3.30. The van der Waals surface area contributed by atoms with Crippen molar-refractivity contribution < 1.29 is 0 Å². The van der Waals surface area contributed by atoms with Gasteiger partial charge in [0.05, 0.1) is 10.9 Å². The molecule has 4 rings (SSSR count). The van der Waals surface area contributed by atoms with Crippen molar-refractivity contribution in [3.05, 3.63) is 63.4 Å². The van der Waals surface area contributed by atoms with Gasteiger partial charge in [0.25, 0.3) is 5.56 Å². The van der Waals surface area contributed by atoms with Crippen molar-refractivity contribution in [2.75, 3.05) is 5.32 Å². The highest BCUT2D eigenvalue weighted by Gasteiger charge is 2.11. The minimum Gasteiger partial charge on any atom is -0.330 e. The lowest BCUT2D eigenvalue weighted by atomic mass is 10.2. The molecule has 1 N–H and O–H groups in total. The fourth-order valence-electron chi connectivity index (χ4n) is 2.30. The molecule has 2 aromatic carbocycles. The summed E-state index contributed by atoms with van der Waals surface area (Å²) in [6, 6.07) is 12.9. The van der Waals surface area contributed by atoms with Crippen LogP contribution in [-0.4, -0.2) is 14.6 Å². The lowest BCUT2D eigenvalue weighted by Crippen LogP contribution is -2.15. The number of anilines is 2. The molecule has 0 fully saturated rings. The Hall–Kier alpha value is -2.44. The molecule has 0 radical (unpaired) electrons. The summed E-state index contributed by atoms with van der Waals surface area (Å²) in [4.78, 5) is 17.5. The first-order valence-corrected chi connectivity index (χ1v) is 8.13. The number of nitrogens with one attached hydrogen (secondary N) is 1. The number of fused-ring (bicyclic) bond motifs is 2. The van der Waals surface area contributed by atoms with Gasteiger partial charge in [-0.15, -0.1) is 5.10 Å². The molecule has 0 amide bonds. The zero-order chi connectivity index (χ0) is 16.0. The Balaban J connectivity index is 1.82. The summed E-state index contributed by atoms with van der Waals surface area (Å²) in [6.45, 7) is 1.94. The second kappa shape index (κ2) is 5.33. The number of hydrogen-bond donors (Lipinski definition) is 1. The van der Waals surface area contributed by atoms with E-state index in [0.717, 1.165) is 11.3 Å². The summed E-state index contributed by atoms with van der Waals surface area (Å²) in [7, 11) is 0. The van der Waals surface area contributed by atoms with Gasteiger partial charge in [-0.1, -0.05) is 41.1 Å². The van der Waals surface area contributed by atoms with E-state index in [4.69, 9.17) is 11.6 Å². The molecule has 0 atom stereocenters. The van der Waals surface area contributed by atoms with Gasteiger partial charge in [-0.05, 0) is 36.8 Å². The predicted molar refractivity (Wildman–Crippen MR) is 94.1 cm³/mol. The molecule has 0 bridgehead atoms. The van der Waals surface area contributed by atoms with Crippen molar-refractivity contribution in [1.29, 1.82) is 0 Å². The first-order valence-electron chi connectivity index (χ1n) is 6.93. The average molecular weight is 343 g/mol. The number of benzene rings is 2. The van der Waals surface area contributed by atoms with Crippen LogP contribution >= 0.6 is 22.9 Å². The Morgan fingerprint density at radius 1 is 1.22 bits per heavy atom. The van der Waals surface area contributed by atoms with Gasteiger partial charge in [-0.25, -0.2) is 4.98 Å². The Morgan fingerprint density at radius 2 is 2.04 bits per heavy atom. The van der Waals surface area contributed by atoms with E-state index in [0.29, 0.717) is 26.0 Å². The van der Waals surface area contributed by atoms with Crippen molar-refractivity contribution >= 4 is 49.6 Å². The molecule has 0 aliphatic rings. The van der Waals surface area contributed by atoms with Gasteiger partial charge < -0.3 is 5.32 Å². The Labute approximate surface area is 140 Å². The van der Waals surface area contributed by atoms with Crippen molar-refractivity contribution in [2.45, 2.75) is 6.92 Å². The minimum absolute atomic E-state index is 0.170. The predicted octanol–water partition coefficient (Wildman–Crippen LogP) is 4.01. The third kappa shape index (κ3) is 2.46. The Morgan fingerprint density at radius 3 is 2.87 bits per heavy atom. The molecule has 5 nitrogen and oxygen atoms in total. The van der Waals surface area contributed by atoms with E-state index in [1.165, 1.54) is 15.9 Å². The van der Waals surface area contributed by atoms with Crippen LogP contribution in [0.1, 0.15) is 5.56 Å². The normalized spacial score (nSPS) is 11.2. The molecule has 2 heterocycles. The first-order chi connectivity index (χ1) is 11.1. The number of aryl methyl sites for hydroxylation is 1. The van der Waals surface area contributed by atoms with Crippen LogP contribution in [-0.2, 0) is 0 Å². The van der Waals surface area contributed by atoms with Gasteiger partial charge in [0.15, 0.2) is 0 Å². The van der Waals surface area contributed by atoms with Crippen LogP contribution in [0.25, 0.3) is 15.9 Å². The zero-order valence-corrected chi connectivity index (χ0v) is 13.6. The summed E-state index contributed by atoms with van der Waals surface area (Å²) in [5.74, 6) is 0. The lowest BCUT2D eigenvalue weighted by molar-refractivity contribution is 0.919. The summed E-state index contributed by atoms with van der Waals surface area (Å²) >= 11 is 7.45. The second-order valence-electron chi connectivity index (χ2n) is 5.12. The van der Waals surface area contributed by atoms with Gasteiger partial charge >= 0.3 is 0 Å². The Kier molecular flexibility index (Phi) is 3.28. The zero-order valence-electron chi connectivity index (χ0n) is 12.1.